The summed E-state index contributed by atoms with van der Waals surface area (Å²) in [4.78, 5) is 26.0. The topological polar surface area (TPSA) is 76.9 Å². The van der Waals surface area contributed by atoms with Gasteiger partial charge in [0.05, 0.1) is 10.9 Å². The monoisotopic (exact) mass is 368 g/mol. The third-order valence-electron chi connectivity index (χ3n) is 4.11. The molecule has 2 aromatic heterocycles. The second kappa shape index (κ2) is 7.61. The van der Waals surface area contributed by atoms with E-state index in [4.69, 9.17) is 0 Å². The summed E-state index contributed by atoms with van der Waals surface area (Å²) >= 11 is 1.48. The molecule has 0 bridgehead atoms. The number of rotatable bonds is 6. The van der Waals surface area contributed by atoms with Gasteiger partial charge < -0.3 is 9.88 Å². The van der Waals surface area contributed by atoms with Crippen molar-refractivity contribution < 1.29 is 9.59 Å². The van der Waals surface area contributed by atoms with Crippen molar-refractivity contribution in [3.05, 3.63) is 59.0 Å². The van der Waals surface area contributed by atoms with Crippen molar-refractivity contribution in [2.75, 3.05) is 0 Å². The molecule has 0 aliphatic heterocycles. The fourth-order valence-electron chi connectivity index (χ4n) is 2.63. The number of thiophene rings is 1. The van der Waals surface area contributed by atoms with Gasteiger partial charge in [0.1, 0.15) is 6.33 Å². The molecule has 6 nitrogen and oxygen atoms in total. The molecule has 0 saturated carbocycles. The van der Waals surface area contributed by atoms with Crippen LogP contribution in [0.5, 0.6) is 0 Å². The smallest absolute Gasteiger partial charge is 0.251 e. The summed E-state index contributed by atoms with van der Waals surface area (Å²) in [6, 6.07) is 10.9. The largest absolute Gasteiger partial charge is 0.342 e. The summed E-state index contributed by atoms with van der Waals surface area (Å²) in [7, 11) is 1.84. The average Bonchev–Trinajstić information content (AvgIpc) is 3.30. The normalized spacial score (nSPS) is 12.0. The molecule has 3 aromatic rings. The minimum atomic E-state index is -0.241. The molecule has 0 aliphatic carbocycles. The van der Waals surface area contributed by atoms with E-state index >= 15 is 0 Å². The fraction of sp³-hybridized carbons (Fsp3) is 0.263. The Balaban J connectivity index is 1.71. The second-order valence-corrected chi connectivity index (χ2v) is 7.10. The van der Waals surface area contributed by atoms with Crippen LogP contribution in [0.2, 0.25) is 0 Å². The Bertz CT molecular complexity index is 927. The molecule has 26 heavy (non-hydrogen) atoms. The Morgan fingerprint density at radius 1 is 1.19 bits per heavy atom. The molecular formula is C19H20N4O2S. The lowest BCUT2D eigenvalue weighted by Gasteiger charge is -2.13. The van der Waals surface area contributed by atoms with E-state index in [2.05, 4.69) is 15.5 Å². The van der Waals surface area contributed by atoms with Gasteiger partial charge in [-0.05, 0) is 36.8 Å². The number of nitrogens with zero attached hydrogens (tertiary/aromatic N) is 3. The van der Waals surface area contributed by atoms with Gasteiger partial charge in [0.2, 0.25) is 0 Å². The standard InChI is InChI=1S/C19H20N4O2S/c1-4-15(24)17-10-9-16(26-17)13-5-7-14(8-6-13)19(25)21-12(2)18-22-20-11-23(18)3/h5-12H,4H2,1-3H3,(H,21,25)/t12-/m1/s1. The van der Waals surface area contributed by atoms with E-state index in [9.17, 15) is 9.59 Å². The van der Waals surface area contributed by atoms with Gasteiger partial charge >= 0.3 is 0 Å². The molecule has 1 amide bonds. The zero-order valence-electron chi connectivity index (χ0n) is 14.9. The first-order valence-corrected chi connectivity index (χ1v) is 9.19. The molecule has 0 fully saturated rings. The first kappa shape index (κ1) is 18.0. The number of nitrogens with one attached hydrogen (secondary N) is 1. The molecule has 2 heterocycles. The molecule has 1 N–H and O–H groups in total. The number of hydrogen-bond donors (Lipinski definition) is 1. The van der Waals surface area contributed by atoms with E-state index < -0.39 is 0 Å². The molecule has 0 spiro atoms. The van der Waals surface area contributed by atoms with Gasteiger partial charge in [-0.3, -0.25) is 9.59 Å². The molecule has 7 heteroatoms. The Kier molecular flexibility index (Phi) is 5.27. The highest BCUT2D eigenvalue weighted by atomic mass is 32.1. The molecule has 1 atom stereocenters. The Labute approximate surface area is 155 Å². The van der Waals surface area contributed by atoms with Crippen molar-refractivity contribution in [3.63, 3.8) is 0 Å². The molecule has 134 valence electrons. The number of benzene rings is 1. The SMILES string of the molecule is CCC(=O)c1ccc(-c2ccc(C(=O)N[C@H](C)c3nncn3C)cc2)s1. The Morgan fingerprint density at radius 2 is 1.92 bits per heavy atom. The van der Waals surface area contributed by atoms with Crippen molar-refractivity contribution >= 4 is 23.0 Å². The number of hydrogen-bond acceptors (Lipinski definition) is 5. The molecule has 3 rings (SSSR count). The highest BCUT2D eigenvalue weighted by Crippen LogP contribution is 2.29. The Morgan fingerprint density at radius 3 is 2.54 bits per heavy atom. The summed E-state index contributed by atoms with van der Waals surface area (Å²) in [5.41, 5.74) is 1.56. The van der Waals surface area contributed by atoms with Gasteiger partial charge in [0.15, 0.2) is 11.6 Å². The van der Waals surface area contributed by atoms with Crippen LogP contribution in [0.3, 0.4) is 0 Å². The Hall–Kier alpha value is -2.80. The van der Waals surface area contributed by atoms with Gasteiger partial charge in [-0.25, -0.2) is 0 Å². The summed E-state index contributed by atoms with van der Waals surface area (Å²) < 4.78 is 1.78. The lowest BCUT2D eigenvalue weighted by atomic mass is 10.1. The summed E-state index contributed by atoms with van der Waals surface area (Å²) in [6.45, 7) is 3.73. The minimum absolute atomic E-state index is 0.148. The van der Waals surface area contributed by atoms with Crippen LogP contribution in [0.4, 0.5) is 0 Å². The van der Waals surface area contributed by atoms with Gasteiger partial charge in [-0.15, -0.1) is 21.5 Å². The maximum Gasteiger partial charge on any atom is 0.251 e. The van der Waals surface area contributed by atoms with Gasteiger partial charge in [0, 0.05) is 23.9 Å². The summed E-state index contributed by atoms with van der Waals surface area (Å²) in [5.74, 6) is 0.678. The molecule has 0 unspecified atom stereocenters. The maximum atomic E-state index is 12.4. The lowest BCUT2D eigenvalue weighted by Crippen LogP contribution is -2.28. The van der Waals surface area contributed by atoms with Crippen molar-refractivity contribution in [1.82, 2.24) is 20.1 Å². The first-order valence-electron chi connectivity index (χ1n) is 8.37. The zero-order chi connectivity index (χ0) is 18.7. The van der Waals surface area contributed by atoms with E-state index in [-0.39, 0.29) is 17.7 Å². The zero-order valence-corrected chi connectivity index (χ0v) is 15.7. The number of aryl methyl sites for hydroxylation is 1. The minimum Gasteiger partial charge on any atom is -0.342 e. The highest BCUT2D eigenvalue weighted by Gasteiger charge is 2.16. The van der Waals surface area contributed by atoms with Gasteiger partial charge in [-0.2, -0.15) is 0 Å². The number of ketones is 1. The highest BCUT2D eigenvalue weighted by molar-refractivity contribution is 7.17. The quantitative estimate of drug-likeness (QED) is 0.674. The van der Waals surface area contributed by atoms with Crippen LogP contribution in [-0.4, -0.2) is 26.5 Å². The van der Waals surface area contributed by atoms with Crippen molar-refractivity contribution in [2.45, 2.75) is 26.3 Å². The number of carbonyl (C=O) groups excluding carboxylic acids is 2. The number of amides is 1. The summed E-state index contributed by atoms with van der Waals surface area (Å²) in [5, 5.41) is 10.8. The molecule has 0 saturated heterocycles. The van der Waals surface area contributed by atoms with E-state index in [0.29, 0.717) is 17.8 Å². The van der Waals surface area contributed by atoms with Crippen molar-refractivity contribution in [3.8, 4) is 10.4 Å². The lowest BCUT2D eigenvalue weighted by molar-refractivity contribution is 0.0936. The van der Waals surface area contributed by atoms with Crippen LogP contribution in [0, 0.1) is 0 Å². The van der Waals surface area contributed by atoms with Crippen LogP contribution in [-0.2, 0) is 7.05 Å². The average molecular weight is 368 g/mol. The van der Waals surface area contributed by atoms with Crippen LogP contribution in [0.1, 0.15) is 52.2 Å². The maximum absolute atomic E-state index is 12.4. The van der Waals surface area contributed by atoms with Gasteiger partial charge in [-0.1, -0.05) is 19.1 Å². The molecule has 0 aliphatic rings. The molecule has 1 aromatic carbocycles. The number of aromatic nitrogens is 3. The van der Waals surface area contributed by atoms with E-state index in [0.717, 1.165) is 15.3 Å². The van der Waals surface area contributed by atoms with Crippen LogP contribution < -0.4 is 5.32 Å². The van der Waals surface area contributed by atoms with Gasteiger partial charge in [0.25, 0.3) is 5.91 Å². The van der Waals surface area contributed by atoms with Crippen molar-refractivity contribution in [2.24, 2.45) is 7.05 Å². The third kappa shape index (κ3) is 3.72. The first-order chi connectivity index (χ1) is 12.5. The van der Waals surface area contributed by atoms with E-state index in [1.807, 2.05) is 45.2 Å². The molecular weight excluding hydrogens is 348 g/mol. The predicted molar refractivity (Wildman–Crippen MR) is 101 cm³/mol. The summed E-state index contributed by atoms with van der Waals surface area (Å²) in [6.07, 6.45) is 2.11. The molecule has 0 radical (unpaired) electrons. The fourth-order valence-corrected chi connectivity index (χ4v) is 3.65. The number of Topliss-reactive ketones (excluding diaryl/α,β-unsaturated/α-hetero) is 1. The second-order valence-electron chi connectivity index (χ2n) is 6.01. The van der Waals surface area contributed by atoms with Crippen LogP contribution in [0.15, 0.2) is 42.7 Å². The van der Waals surface area contributed by atoms with E-state index in [1.165, 1.54) is 11.3 Å². The predicted octanol–water partition coefficient (Wildman–Crippen LogP) is 3.63. The third-order valence-corrected chi connectivity index (χ3v) is 5.29. The van der Waals surface area contributed by atoms with Crippen molar-refractivity contribution in [1.29, 1.82) is 0 Å². The van der Waals surface area contributed by atoms with E-state index in [1.54, 1.807) is 23.0 Å². The number of carbonyl (C=O) groups is 2. The van der Waals surface area contributed by atoms with Crippen LogP contribution >= 0.6 is 11.3 Å². The van der Waals surface area contributed by atoms with Crippen LogP contribution in [0.25, 0.3) is 10.4 Å².